The first-order chi connectivity index (χ1) is 11.0. The SMILES string of the molecule is Cc1cccc(-c2nc(CC(=O)N3CCC(C(C)O)C3)cs2)c1. The Morgan fingerprint density at radius 3 is 3.04 bits per heavy atom. The number of rotatable bonds is 4. The van der Waals surface area contributed by atoms with Gasteiger partial charge < -0.3 is 10.0 Å². The summed E-state index contributed by atoms with van der Waals surface area (Å²) in [6.07, 6.45) is 0.879. The number of nitrogens with zero attached hydrogens (tertiary/aromatic N) is 2. The molecule has 23 heavy (non-hydrogen) atoms. The summed E-state index contributed by atoms with van der Waals surface area (Å²) >= 11 is 1.58. The highest BCUT2D eigenvalue weighted by Gasteiger charge is 2.29. The number of aryl methyl sites for hydroxylation is 1. The molecular formula is C18H22N2O2S. The first-order valence-electron chi connectivity index (χ1n) is 8.00. The number of thiazole rings is 1. The van der Waals surface area contributed by atoms with E-state index in [1.165, 1.54) is 5.56 Å². The number of aliphatic hydroxyl groups excluding tert-OH is 1. The minimum atomic E-state index is -0.347. The van der Waals surface area contributed by atoms with Gasteiger partial charge in [-0.3, -0.25) is 4.79 Å². The normalized spacial score (nSPS) is 19.1. The van der Waals surface area contributed by atoms with Crippen molar-refractivity contribution in [3.05, 3.63) is 40.9 Å². The second-order valence-electron chi connectivity index (χ2n) is 6.32. The minimum Gasteiger partial charge on any atom is -0.393 e. The van der Waals surface area contributed by atoms with Crippen LogP contribution in [0.1, 0.15) is 24.6 Å². The molecule has 2 unspecified atom stereocenters. The Labute approximate surface area is 140 Å². The summed E-state index contributed by atoms with van der Waals surface area (Å²) in [7, 11) is 0. The standard InChI is InChI=1S/C18H22N2O2S/c1-12-4-3-5-14(8-12)18-19-16(11-23-18)9-17(22)20-7-6-15(10-20)13(2)21/h3-5,8,11,13,15,21H,6-7,9-10H2,1-2H3. The molecule has 0 bridgehead atoms. The molecule has 1 N–H and O–H groups in total. The van der Waals surface area contributed by atoms with Crippen molar-refractivity contribution in [2.75, 3.05) is 13.1 Å². The van der Waals surface area contributed by atoms with Gasteiger partial charge in [0, 0.05) is 30.0 Å². The number of aliphatic hydroxyl groups is 1. The van der Waals surface area contributed by atoms with Gasteiger partial charge in [0.15, 0.2) is 0 Å². The molecule has 1 aromatic carbocycles. The van der Waals surface area contributed by atoms with Crippen LogP contribution in [-0.4, -0.2) is 40.1 Å². The molecule has 2 aromatic rings. The van der Waals surface area contributed by atoms with E-state index in [-0.39, 0.29) is 17.9 Å². The van der Waals surface area contributed by atoms with Crippen LogP contribution in [0.25, 0.3) is 10.6 Å². The number of amides is 1. The number of carbonyl (C=O) groups excluding carboxylic acids is 1. The predicted molar refractivity (Wildman–Crippen MR) is 92.4 cm³/mol. The Morgan fingerprint density at radius 2 is 2.35 bits per heavy atom. The van der Waals surface area contributed by atoms with Gasteiger partial charge in [-0.25, -0.2) is 4.98 Å². The van der Waals surface area contributed by atoms with Gasteiger partial charge >= 0.3 is 0 Å². The van der Waals surface area contributed by atoms with Crippen molar-refractivity contribution < 1.29 is 9.90 Å². The van der Waals surface area contributed by atoms with Gasteiger partial charge in [0.25, 0.3) is 0 Å². The maximum absolute atomic E-state index is 12.4. The van der Waals surface area contributed by atoms with Crippen LogP contribution in [-0.2, 0) is 11.2 Å². The van der Waals surface area contributed by atoms with E-state index in [9.17, 15) is 9.90 Å². The van der Waals surface area contributed by atoms with E-state index < -0.39 is 0 Å². The van der Waals surface area contributed by atoms with Crippen LogP contribution in [0, 0.1) is 12.8 Å². The molecular weight excluding hydrogens is 308 g/mol. The summed E-state index contributed by atoms with van der Waals surface area (Å²) < 4.78 is 0. The molecule has 5 heteroatoms. The molecule has 0 aliphatic carbocycles. The molecule has 1 aliphatic rings. The average Bonchev–Trinajstić information content (AvgIpc) is 3.16. The first kappa shape index (κ1) is 16.1. The van der Waals surface area contributed by atoms with Gasteiger partial charge in [-0.1, -0.05) is 23.8 Å². The molecule has 4 nitrogen and oxygen atoms in total. The lowest BCUT2D eigenvalue weighted by Gasteiger charge is -2.17. The summed E-state index contributed by atoms with van der Waals surface area (Å²) in [5.41, 5.74) is 3.14. The molecule has 1 aliphatic heterocycles. The van der Waals surface area contributed by atoms with Crippen molar-refractivity contribution in [1.29, 1.82) is 0 Å². The molecule has 0 radical (unpaired) electrons. The van der Waals surface area contributed by atoms with Crippen LogP contribution >= 0.6 is 11.3 Å². The Kier molecular flexibility index (Phi) is 4.78. The second-order valence-corrected chi connectivity index (χ2v) is 7.18. The van der Waals surface area contributed by atoms with Crippen molar-refractivity contribution in [1.82, 2.24) is 9.88 Å². The van der Waals surface area contributed by atoms with Crippen molar-refractivity contribution in [2.24, 2.45) is 5.92 Å². The summed E-state index contributed by atoms with van der Waals surface area (Å²) in [6.45, 7) is 5.26. The molecule has 1 saturated heterocycles. The van der Waals surface area contributed by atoms with Gasteiger partial charge in [0.1, 0.15) is 5.01 Å². The van der Waals surface area contributed by atoms with E-state index in [0.29, 0.717) is 13.0 Å². The lowest BCUT2D eigenvalue weighted by Crippen LogP contribution is -2.31. The fourth-order valence-electron chi connectivity index (χ4n) is 2.97. The third kappa shape index (κ3) is 3.79. The monoisotopic (exact) mass is 330 g/mol. The topological polar surface area (TPSA) is 53.4 Å². The molecule has 1 fully saturated rings. The highest BCUT2D eigenvalue weighted by atomic mass is 32.1. The van der Waals surface area contributed by atoms with Crippen LogP contribution in [0.3, 0.4) is 0 Å². The Hall–Kier alpha value is -1.72. The van der Waals surface area contributed by atoms with Crippen LogP contribution in [0.5, 0.6) is 0 Å². The van der Waals surface area contributed by atoms with E-state index in [0.717, 1.165) is 29.2 Å². The third-order valence-corrected chi connectivity index (χ3v) is 5.35. The Morgan fingerprint density at radius 1 is 1.52 bits per heavy atom. The Bertz CT molecular complexity index is 696. The molecule has 2 atom stereocenters. The van der Waals surface area contributed by atoms with E-state index in [4.69, 9.17) is 0 Å². The van der Waals surface area contributed by atoms with E-state index >= 15 is 0 Å². The fraction of sp³-hybridized carbons (Fsp3) is 0.444. The van der Waals surface area contributed by atoms with Gasteiger partial charge in [-0.2, -0.15) is 0 Å². The molecule has 1 amide bonds. The maximum Gasteiger partial charge on any atom is 0.228 e. The second kappa shape index (κ2) is 6.81. The summed E-state index contributed by atoms with van der Waals surface area (Å²) in [6, 6.07) is 8.24. The van der Waals surface area contributed by atoms with Crippen molar-refractivity contribution >= 4 is 17.2 Å². The number of hydrogen-bond donors (Lipinski definition) is 1. The zero-order valence-electron chi connectivity index (χ0n) is 13.5. The van der Waals surface area contributed by atoms with E-state index in [2.05, 4.69) is 24.0 Å². The van der Waals surface area contributed by atoms with Gasteiger partial charge in [-0.05, 0) is 26.3 Å². The largest absolute Gasteiger partial charge is 0.393 e. The molecule has 0 spiro atoms. The maximum atomic E-state index is 12.4. The summed E-state index contributed by atoms with van der Waals surface area (Å²) in [5.74, 6) is 0.312. The highest BCUT2D eigenvalue weighted by Crippen LogP contribution is 2.25. The fourth-order valence-corrected chi connectivity index (χ4v) is 3.79. The minimum absolute atomic E-state index is 0.106. The first-order valence-corrected chi connectivity index (χ1v) is 8.88. The van der Waals surface area contributed by atoms with Crippen molar-refractivity contribution in [3.63, 3.8) is 0 Å². The van der Waals surface area contributed by atoms with Crippen LogP contribution in [0.15, 0.2) is 29.6 Å². The third-order valence-electron chi connectivity index (χ3n) is 4.41. The van der Waals surface area contributed by atoms with Crippen LogP contribution in [0.2, 0.25) is 0 Å². The van der Waals surface area contributed by atoms with Crippen LogP contribution < -0.4 is 0 Å². The molecule has 2 heterocycles. The lowest BCUT2D eigenvalue weighted by molar-refractivity contribution is -0.129. The van der Waals surface area contributed by atoms with Crippen molar-refractivity contribution in [3.8, 4) is 10.6 Å². The lowest BCUT2D eigenvalue weighted by atomic mass is 10.0. The van der Waals surface area contributed by atoms with Crippen LogP contribution in [0.4, 0.5) is 0 Å². The zero-order valence-corrected chi connectivity index (χ0v) is 14.3. The molecule has 122 valence electrons. The van der Waals surface area contributed by atoms with Gasteiger partial charge in [-0.15, -0.1) is 11.3 Å². The number of hydrogen-bond acceptors (Lipinski definition) is 4. The summed E-state index contributed by atoms with van der Waals surface area (Å²) in [4.78, 5) is 18.9. The van der Waals surface area contributed by atoms with E-state index in [1.807, 2.05) is 22.4 Å². The number of aromatic nitrogens is 1. The van der Waals surface area contributed by atoms with Crippen molar-refractivity contribution in [2.45, 2.75) is 32.8 Å². The Balaban J connectivity index is 1.64. The quantitative estimate of drug-likeness (QED) is 0.938. The van der Waals surface area contributed by atoms with Gasteiger partial charge in [0.2, 0.25) is 5.91 Å². The molecule has 3 rings (SSSR count). The molecule has 0 saturated carbocycles. The van der Waals surface area contributed by atoms with Gasteiger partial charge in [0.05, 0.1) is 18.2 Å². The number of carbonyl (C=O) groups is 1. The highest BCUT2D eigenvalue weighted by molar-refractivity contribution is 7.13. The van der Waals surface area contributed by atoms with E-state index in [1.54, 1.807) is 18.3 Å². The zero-order chi connectivity index (χ0) is 16.4. The summed E-state index contributed by atoms with van der Waals surface area (Å²) in [5, 5.41) is 12.6. The number of benzene rings is 1. The molecule has 1 aromatic heterocycles. The average molecular weight is 330 g/mol. The smallest absolute Gasteiger partial charge is 0.228 e. The number of likely N-dealkylation sites (tertiary alicyclic amines) is 1. The predicted octanol–water partition coefficient (Wildman–Crippen LogP) is 2.89.